The standard InChI is InChI=1S/C28H26N6O3S/c1-38(36,37)33-23-10-5-9-21(17-23)27-26(20-7-3-2-4-8-20)32-25-18-22(11-12-24(25)31-27)28(35)30-13-6-15-34-16-14-29-19-34/h2-5,7-12,14,16-19,33H,6,13,15H2,1H3,(H,30,35). The highest BCUT2D eigenvalue weighted by Gasteiger charge is 2.16. The van der Waals surface area contributed by atoms with Crippen molar-refractivity contribution in [2.75, 3.05) is 17.5 Å². The highest BCUT2D eigenvalue weighted by atomic mass is 32.2. The molecule has 10 heteroatoms. The van der Waals surface area contributed by atoms with Gasteiger partial charge in [0.2, 0.25) is 10.0 Å². The number of rotatable bonds is 9. The molecule has 1 amide bonds. The summed E-state index contributed by atoms with van der Waals surface area (Å²) in [7, 11) is -3.43. The summed E-state index contributed by atoms with van der Waals surface area (Å²) >= 11 is 0. The number of hydrogen-bond donors (Lipinski definition) is 2. The molecule has 0 aliphatic rings. The van der Waals surface area contributed by atoms with Crippen LogP contribution in [0.3, 0.4) is 0 Å². The number of anilines is 1. The van der Waals surface area contributed by atoms with Crippen molar-refractivity contribution in [3.05, 3.63) is 97.1 Å². The van der Waals surface area contributed by atoms with E-state index < -0.39 is 10.0 Å². The largest absolute Gasteiger partial charge is 0.352 e. The van der Waals surface area contributed by atoms with Crippen molar-refractivity contribution in [2.45, 2.75) is 13.0 Å². The molecular weight excluding hydrogens is 500 g/mol. The molecule has 2 aromatic heterocycles. The van der Waals surface area contributed by atoms with Crippen LogP contribution < -0.4 is 10.0 Å². The second kappa shape index (κ2) is 10.8. The van der Waals surface area contributed by atoms with Crippen molar-refractivity contribution >= 4 is 32.7 Å². The fourth-order valence-corrected chi connectivity index (χ4v) is 4.68. The number of carbonyl (C=O) groups is 1. The Bertz CT molecular complexity index is 1690. The van der Waals surface area contributed by atoms with E-state index in [2.05, 4.69) is 15.0 Å². The lowest BCUT2D eigenvalue weighted by Crippen LogP contribution is -2.25. The second-order valence-electron chi connectivity index (χ2n) is 8.86. The number of nitrogens with one attached hydrogen (secondary N) is 2. The number of nitrogens with zero attached hydrogens (tertiary/aromatic N) is 4. The zero-order valence-corrected chi connectivity index (χ0v) is 21.5. The van der Waals surface area contributed by atoms with Crippen LogP contribution in [0.1, 0.15) is 16.8 Å². The molecule has 0 fully saturated rings. The van der Waals surface area contributed by atoms with Crippen LogP contribution in [0.4, 0.5) is 5.69 Å². The molecule has 38 heavy (non-hydrogen) atoms. The summed E-state index contributed by atoms with van der Waals surface area (Å²) in [4.78, 5) is 26.6. The van der Waals surface area contributed by atoms with Gasteiger partial charge in [-0.25, -0.2) is 23.4 Å². The molecule has 0 unspecified atom stereocenters. The zero-order valence-electron chi connectivity index (χ0n) is 20.7. The molecular formula is C28H26N6O3S. The lowest BCUT2D eigenvalue weighted by molar-refractivity contribution is 0.0953. The first-order chi connectivity index (χ1) is 18.4. The molecule has 5 aromatic rings. The van der Waals surface area contributed by atoms with Gasteiger partial charge in [0.1, 0.15) is 0 Å². The smallest absolute Gasteiger partial charge is 0.251 e. The van der Waals surface area contributed by atoms with Crippen LogP contribution in [0.5, 0.6) is 0 Å². The van der Waals surface area contributed by atoms with Crippen molar-refractivity contribution in [1.29, 1.82) is 0 Å². The molecule has 0 aliphatic heterocycles. The first-order valence-electron chi connectivity index (χ1n) is 12.1. The Hall–Kier alpha value is -4.57. The Balaban J connectivity index is 1.47. The van der Waals surface area contributed by atoms with E-state index in [1.54, 1.807) is 48.9 Å². The molecule has 0 aliphatic carbocycles. The van der Waals surface area contributed by atoms with E-state index in [9.17, 15) is 13.2 Å². The lowest BCUT2D eigenvalue weighted by Gasteiger charge is -2.13. The fourth-order valence-electron chi connectivity index (χ4n) is 4.12. The summed E-state index contributed by atoms with van der Waals surface area (Å²) in [5.74, 6) is -0.177. The van der Waals surface area contributed by atoms with E-state index >= 15 is 0 Å². The second-order valence-corrected chi connectivity index (χ2v) is 10.6. The van der Waals surface area contributed by atoms with Crippen molar-refractivity contribution in [3.63, 3.8) is 0 Å². The lowest BCUT2D eigenvalue weighted by atomic mass is 10.0. The Kier molecular flexibility index (Phi) is 7.14. The average Bonchev–Trinajstić information content (AvgIpc) is 3.43. The van der Waals surface area contributed by atoms with Gasteiger partial charge in [-0.05, 0) is 36.8 Å². The highest BCUT2D eigenvalue weighted by Crippen LogP contribution is 2.32. The van der Waals surface area contributed by atoms with E-state index in [1.165, 1.54) is 0 Å². The zero-order chi connectivity index (χ0) is 26.5. The quantitative estimate of drug-likeness (QED) is 0.276. The Morgan fingerprint density at radius 1 is 0.895 bits per heavy atom. The normalized spacial score (nSPS) is 11.4. The number of benzene rings is 3. The fraction of sp³-hybridized carbons (Fsp3) is 0.143. The maximum atomic E-state index is 12.8. The van der Waals surface area contributed by atoms with Gasteiger partial charge in [-0.15, -0.1) is 0 Å². The van der Waals surface area contributed by atoms with Gasteiger partial charge in [0.05, 0.1) is 35.0 Å². The maximum absolute atomic E-state index is 12.8. The molecule has 5 rings (SSSR count). The molecule has 0 spiro atoms. The Morgan fingerprint density at radius 2 is 1.66 bits per heavy atom. The molecule has 192 valence electrons. The van der Waals surface area contributed by atoms with Crippen LogP contribution in [-0.4, -0.2) is 46.6 Å². The third-order valence-electron chi connectivity index (χ3n) is 5.85. The summed E-state index contributed by atoms with van der Waals surface area (Å²) in [6, 6.07) is 21.9. The number of fused-ring (bicyclic) bond motifs is 1. The van der Waals surface area contributed by atoms with Crippen LogP contribution in [-0.2, 0) is 16.6 Å². The Morgan fingerprint density at radius 3 is 2.42 bits per heavy atom. The first kappa shape index (κ1) is 25.1. The van der Waals surface area contributed by atoms with Crippen molar-refractivity contribution < 1.29 is 13.2 Å². The third-order valence-corrected chi connectivity index (χ3v) is 6.46. The molecule has 0 bridgehead atoms. The molecule has 0 radical (unpaired) electrons. The van der Waals surface area contributed by atoms with E-state index in [1.807, 2.05) is 47.2 Å². The monoisotopic (exact) mass is 526 g/mol. The molecule has 2 N–H and O–H groups in total. The van der Waals surface area contributed by atoms with Gasteiger partial charge in [-0.2, -0.15) is 0 Å². The molecule has 0 saturated carbocycles. The van der Waals surface area contributed by atoms with Gasteiger partial charge >= 0.3 is 0 Å². The minimum atomic E-state index is -3.43. The van der Waals surface area contributed by atoms with Gasteiger partial charge in [0, 0.05) is 47.9 Å². The van der Waals surface area contributed by atoms with E-state index in [-0.39, 0.29) is 5.91 Å². The van der Waals surface area contributed by atoms with Crippen LogP contribution in [0, 0.1) is 0 Å². The number of carbonyl (C=O) groups excluding carboxylic acids is 1. The number of aromatic nitrogens is 4. The number of amides is 1. The van der Waals surface area contributed by atoms with Crippen LogP contribution in [0.15, 0.2) is 91.5 Å². The highest BCUT2D eigenvalue weighted by molar-refractivity contribution is 7.92. The van der Waals surface area contributed by atoms with Gasteiger partial charge in [0.25, 0.3) is 5.91 Å². The average molecular weight is 527 g/mol. The maximum Gasteiger partial charge on any atom is 0.251 e. The number of hydrogen-bond acceptors (Lipinski definition) is 6. The van der Waals surface area contributed by atoms with E-state index in [4.69, 9.17) is 9.97 Å². The van der Waals surface area contributed by atoms with Gasteiger partial charge < -0.3 is 9.88 Å². The van der Waals surface area contributed by atoms with E-state index in [0.717, 1.165) is 24.8 Å². The van der Waals surface area contributed by atoms with Crippen molar-refractivity contribution in [2.24, 2.45) is 0 Å². The van der Waals surface area contributed by atoms with Crippen LogP contribution >= 0.6 is 0 Å². The molecule has 2 heterocycles. The number of imidazole rings is 1. The number of sulfonamides is 1. The summed E-state index contributed by atoms with van der Waals surface area (Å²) in [5, 5.41) is 2.96. The predicted molar refractivity (Wildman–Crippen MR) is 148 cm³/mol. The van der Waals surface area contributed by atoms with Crippen LogP contribution in [0.2, 0.25) is 0 Å². The summed E-state index contributed by atoms with van der Waals surface area (Å²) in [6.07, 6.45) is 7.26. The van der Waals surface area contributed by atoms with Crippen molar-refractivity contribution in [3.8, 4) is 22.5 Å². The molecule has 3 aromatic carbocycles. The van der Waals surface area contributed by atoms with E-state index in [0.29, 0.717) is 45.8 Å². The minimum absolute atomic E-state index is 0.177. The number of aryl methyl sites for hydroxylation is 1. The molecule has 9 nitrogen and oxygen atoms in total. The SMILES string of the molecule is CS(=O)(=O)Nc1cccc(-c2nc3ccc(C(=O)NCCCn4ccnc4)cc3nc2-c2ccccc2)c1. The first-order valence-corrected chi connectivity index (χ1v) is 13.9. The molecule has 0 atom stereocenters. The van der Waals surface area contributed by atoms with Gasteiger partial charge in [-0.3, -0.25) is 9.52 Å². The predicted octanol–water partition coefficient (Wildman–Crippen LogP) is 4.35. The summed E-state index contributed by atoms with van der Waals surface area (Å²) in [6.45, 7) is 1.31. The van der Waals surface area contributed by atoms with Gasteiger partial charge in [-0.1, -0.05) is 42.5 Å². The van der Waals surface area contributed by atoms with Crippen molar-refractivity contribution in [1.82, 2.24) is 24.8 Å². The summed E-state index contributed by atoms with van der Waals surface area (Å²) < 4.78 is 28.0. The third kappa shape index (κ3) is 6.04. The minimum Gasteiger partial charge on any atom is -0.352 e. The van der Waals surface area contributed by atoms with Crippen LogP contribution in [0.25, 0.3) is 33.5 Å². The Labute approximate surface area is 220 Å². The summed E-state index contributed by atoms with van der Waals surface area (Å²) in [5.41, 5.74) is 4.96. The molecule has 0 saturated heterocycles. The topological polar surface area (TPSA) is 119 Å². The van der Waals surface area contributed by atoms with Gasteiger partial charge in [0.15, 0.2) is 0 Å².